The van der Waals surface area contributed by atoms with Crippen LogP contribution in [0.2, 0.25) is 0 Å². The lowest BCUT2D eigenvalue weighted by molar-refractivity contribution is 0.543. The van der Waals surface area contributed by atoms with Crippen molar-refractivity contribution in [3.05, 3.63) is 59.2 Å². The standard InChI is InChI=1S/C18H19N3/c1-12-7-8-14(11-13(12)2)16-9-10-19-18-20-15-5-3-4-6-17(15)21(16)18/h3-8,11,16H,9-10H2,1-2H3,(H,19,20). The van der Waals surface area contributed by atoms with E-state index in [1.807, 2.05) is 6.07 Å². The molecule has 0 spiro atoms. The lowest BCUT2D eigenvalue weighted by Gasteiger charge is -2.27. The molecule has 3 nitrogen and oxygen atoms in total. The van der Waals surface area contributed by atoms with Crippen LogP contribution < -0.4 is 5.32 Å². The molecule has 1 atom stereocenters. The van der Waals surface area contributed by atoms with Gasteiger partial charge in [-0.15, -0.1) is 0 Å². The van der Waals surface area contributed by atoms with Crippen LogP contribution in [-0.4, -0.2) is 16.1 Å². The minimum absolute atomic E-state index is 0.368. The average molecular weight is 277 g/mol. The van der Waals surface area contributed by atoms with Gasteiger partial charge in [0.15, 0.2) is 0 Å². The van der Waals surface area contributed by atoms with Crippen LogP contribution in [0, 0.1) is 13.8 Å². The van der Waals surface area contributed by atoms with Crippen molar-refractivity contribution in [3.63, 3.8) is 0 Å². The second kappa shape index (κ2) is 4.62. The Morgan fingerprint density at radius 3 is 2.81 bits per heavy atom. The molecule has 106 valence electrons. The Labute approximate surface area is 124 Å². The summed E-state index contributed by atoms with van der Waals surface area (Å²) in [6.07, 6.45) is 1.09. The number of imidazole rings is 1. The normalized spacial score (nSPS) is 17.5. The van der Waals surface area contributed by atoms with Gasteiger partial charge in [-0.25, -0.2) is 4.98 Å². The summed E-state index contributed by atoms with van der Waals surface area (Å²) >= 11 is 0. The van der Waals surface area contributed by atoms with E-state index < -0.39 is 0 Å². The molecule has 0 bridgehead atoms. The van der Waals surface area contributed by atoms with E-state index in [1.54, 1.807) is 0 Å². The van der Waals surface area contributed by atoms with Gasteiger partial charge in [-0.3, -0.25) is 0 Å². The molecule has 1 aromatic heterocycles. The zero-order chi connectivity index (χ0) is 14.4. The predicted octanol–water partition coefficient (Wildman–Crippen LogP) is 4.06. The molecule has 0 saturated heterocycles. The highest BCUT2D eigenvalue weighted by Gasteiger charge is 2.24. The van der Waals surface area contributed by atoms with Crippen LogP contribution >= 0.6 is 0 Å². The Bertz CT molecular complexity index is 816. The molecule has 0 fully saturated rings. The van der Waals surface area contributed by atoms with Crippen LogP contribution in [0.15, 0.2) is 42.5 Å². The predicted molar refractivity (Wildman–Crippen MR) is 86.9 cm³/mol. The highest BCUT2D eigenvalue weighted by Crippen LogP contribution is 2.34. The molecule has 2 heterocycles. The van der Waals surface area contributed by atoms with Crippen molar-refractivity contribution in [1.29, 1.82) is 0 Å². The quantitative estimate of drug-likeness (QED) is 0.727. The summed E-state index contributed by atoms with van der Waals surface area (Å²) in [5.41, 5.74) is 6.36. The monoisotopic (exact) mass is 277 g/mol. The van der Waals surface area contributed by atoms with Gasteiger partial charge in [-0.05, 0) is 49.1 Å². The van der Waals surface area contributed by atoms with Gasteiger partial charge in [0, 0.05) is 6.54 Å². The lowest BCUT2D eigenvalue weighted by atomic mass is 9.98. The van der Waals surface area contributed by atoms with Crippen LogP contribution in [0.4, 0.5) is 5.95 Å². The van der Waals surface area contributed by atoms with Gasteiger partial charge in [-0.2, -0.15) is 0 Å². The maximum atomic E-state index is 4.72. The van der Waals surface area contributed by atoms with Gasteiger partial charge < -0.3 is 9.88 Å². The summed E-state index contributed by atoms with van der Waals surface area (Å²) < 4.78 is 2.35. The summed E-state index contributed by atoms with van der Waals surface area (Å²) in [5.74, 6) is 0.991. The first-order chi connectivity index (χ1) is 10.2. The van der Waals surface area contributed by atoms with Gasteiger partial charge in [-0.1, -0.05) is 30.3 Å². The van der Waals surface area contributed by atoms with Gasteiger partial charge in [0.2, 0.25) is 5.95 Å². The third-order valence-corrected chi connectivity index (χ3v) is 4.52. The summed E-state index contributed by atoms with van der Waals surface area (Å²) in [4.78, 5) is 4.72. The van der Waals surface area contributed by atoms with Gasteiger partial charge in [0.25, 0.3) is 0 Å². The van der Waals surface area contributed by atoms with E-state index in [2.05, 4.69) is 60.1 Å². The Kier molecular flexibility index (Phi) is 2.74. The Morgan fingerprint density at radius 1 is 1.10 bits per heavy atom. The molecule has 1 aliphatic heterocycles. The van der Waals surface area contributed by atoms with Crippen LogP contribution in [0.5, 0.6) is 0 Å². The molecule has 0 aliphatic carbocycles. The number of fused-ring (bicyclic) bond motifs is 3. The fourth-order valence-electron chi connectivity index (χ4n) is 3.22. The molecule has 1 N–H and O–H groups in total. The molecule has 1 aliphatic rings. The maximum absolute atomic E-state index is 4.72. The van der Waals surface area contributed by atoms with Crippen molar-refractivity contribution >= 4 is 17.0 Å². The van der Waals surface area contributed by atoms with E-state index in [0.717, 1.165) is 24.4 Å². The van der Waals surface area contributed by atoms with E-state index in [-0.39, 0.29) is 0 Å². The summed E-state index contributed by atoms with van der Waals surface area (Å²) in [7, 11) is 0. The van der Waals surface area contributed by atoms with Crippen LogP contribution in [0.1, 0.15) is 29.2 Å². The highest BCUT2D eigenvalue weighted by molar-refractivity contribution is 5.79. The average Bonchev–Trinajstić information content (AvgIpc) is 2.88. The number of hydrogen-bond acceptors (Lipinski definition) is 2. The number of para-hydroxylation sites is 2. The summed E-state index contributed by atoms with van der Waals surface area (Å²) in [5, 5.41) is 3.43. The van der Waals surface area contributed by atoms with E-state index in [1.165, 1.54) is 22.2 Å². The molecule has 0 amide bonds. The molecular weight excluding hydrogens is 258 g/mol. The molecule has 21 heavy (non-hydrogen) atoms. The largest absolute Gasteiger partial charge is 0.356 e. The first kappa shape index (κ1) is 12.5. The summed E-state index contributed by atoms with van der Waals surface area (Å²) in [6, 6.07) is 15.6. The van der Waals surface area contributed by atoms with Crippen molar-refractivity contribution in [1.82, 2.24) is 9.55 Å². The topological polar surface area (TPSA) is 29.9 Å². The third kappa shape index (κ3) is 1.92. The van der Waals surface area contributed by atoms with Crippen LogP contribution in [-0.2, 0) is 0 Å². The van der Waals surface area contributed by atoms with Crippen molar-refractivity contribution in [3.8, 4) is 0 Å². The lowest BCUT2D eigenvalue weighted by Crippen LogP contribution is -2.23. The molecule has 1 unspecified atom stereocenters. The number of aromatic nitrogens is 2. The van der Waals surface area contributed by atoms with Gasteiger partial charge in [0.1, 0.15) is 0 Å². The summed E-state index contributed by atoms with van der Waals surface area (Å²) in [6.45, 7) is 5.33. The van der Waals surface area contributed by atoms with Crippen molar-refractivity contribution < 1.29 is 0 Å². The number of aryl methyl sites for hydroxylation is 2. The molecule has 3 aromatic rings. The second-order valence-corrected chi connectivity index (χ2v) is 5.87. The Morgan fingerprint density at radius 2 is 1.95 bits per heavy atom. The van der Waals surface area contributed by atoms with Crippen molar-refractivity contribution in [2.24, 2.45) is 0 Å². The van der Waals surface area contributed by atoms with E-state index >= 15 is 0 Å². The maximum Gasteiger partial charge on any atom is 0.204 e. The minimum atomic E-state index is 0.368. The zero-order valence-electron chi connectivity index (χ0n) is 12.4. The minimum Gasteiger partial charge on any atom is -0.356 e. The fourth-order valence-corrected chi connectivity index (χ4v) is 3.22. The Balaban J connectivity index is 1.91. The number of nitrogens with one attached hydrogen (secondary N) is 1. The number of hydrogen-bond donors (Lipinski definition) is 1. The molecule has 3 heteroatoms. The van der Waals surface area contributed by atoms with Gasteiger partial charge >= 0.3 is 0 Å². The molecule has 0 saturated carbocycles. The highest BCUT2D eigenvalue weighted by atomic mass is 15.2. The van der Waals surface area contributed by atoms with Crippen molar-refractivity contribution in [2.45, 2.75) is 26.3 Å². The molecule has 0 radical (unpaired) electrons. The van der Waals surface area contributed by atoms with Crippen molar-refractivity contribution in [2.75, 3.05) is 11.9 Å². The first-order valence-corrected chi connectivity index (χ1v) is 7.52. The van der Waals surface area contributed by atoms with E-state index in [4.69, 9.17) is 4.98 Å². The first-order valence-electron chi connectivity index (χ1n) is 7.52. The number of anilines is 1. The van der Waals surface area contributed by atoms with Crippen LogP contribution in [0.3, 0.4) is 0 Å². The number of rotatable bonds is 1. The second-order valence-electron chi connectivity index (χ2n) is 5.87. The SMILES string of the molecule is Cc1ccc(C2CCNc3nc4ccccc4n32)cc1C. The van der Waals surface area contributed by atoms with Crippen LogP contribution in [0.25, 0.3) is 11.0 Å². The van der Waals surface area contributed by atoms with E-state index in [0.29, 0.717) is 6.04 Å². The molecule has 2 aromatic carbocycles. The Hall–Kier alpha value is -2.29. The van der Waals surface area contributed by atoms with E-state index in [9.17, 15) is 0 Å². The molecular formula is C18H19N3. The zero-order valence-corrected chi connectivity index (χ0v) is 12.4. The smallest absolute Gasteiger partial charge is 0.204 e. The number of nitrogens with zero attached hydrogens (tertiary/aromatic N) is 2. The van der Waals surface area contributed by atoms with Gasteiger partial charge in [0.05, 0.1) is 17.1 Å². The number of benzene rings is 2. The molecule has 4 rings (SSSR count). The fraction of sp³-hybridized carbons (Fsp3) is 0.278. The third-order valence-electron chi connectivity index (χ3n) is 4.52.